The molecule has 12 heavy (non-hydrogen) atoms. The molecule has 0 N–H and O–H groups in total. The number of ketones is 1. The molecule has 72 valence electrons. The molecule has 0 aromatic heterocycles. The van der Waals surface area contributed by atoms with E-state index in [4.69, 9.17) is 0 Å². The van der Waals surface area contributed by atoms with Gasteiger partial charge in [0.15, 0.2) is 0 Å². The Bertz CT molecular complexity index is 187. The first-order valence-electron chi connectivity index (χ1n) is 4.20. The number of halogens is 1. The van der Waals surface area contributed by atoms with Crippen molar-refractivity contribution in [2.24, 2.45) is 0 Å². The van der Waals surface area contributed by atoms with E-state index in [2.05, 4.69) is 27.9 Å². The fourth-order valence-electron chi connectivity index (χ4n) is 1.49. The van der Waals surface area contributed by atoms with Crippen molar-refractivity contribution in [2.45, 2.75) is 32.2 Å². The zero-order valence-electron chi connectivity index (χ0n) is 8.35. The molecular formula is C9H18INO. The molecule has 0 bridgehead atoms. The molecule has 1 rings (SSSR count). The van der Waals surface area contributed by atoms with Crippen molar-refractivity contribution < 1.29 is 33.3 Å². The third-order valence-corrected chi connectivity index (χ3v) is 3.22. The molecule has 1 aliphatic rings. The fraction of sp³-hybridized carbons (Fsp3) is 0.889. The number of rotatable bonds is 0. The lowest BCUT2D eigenvalue weighted by Crippen LogP contribution is -3.00. The van der Waals surface area contributed by atoms with Crippen LogP contribution in [0.2, 0.25) is 0 Å². The van der Waals surface area contributed by atoms with Crippen LogP contribution in [-0.2, 0) is 4.79 Å². The van der Waals surface area contributed by atoms with Crippen molar-refractivity contribution in [1.82, 2.24) is 0 Å². The maximum atomic E-state index is 11.2. The number of piperidine rings is 1. The molecule has 0 saturated carbocycles. The quantitative estimate of drug-likeness (QED) is 0.379. The van der Waals surface area contributed by atoms with E-state index in [0.717, 1.165) is 23.9 Å². The summed E-state index contributed by atoms with van der Waals surface area (Å²) in [6, 6.07) is 0. The maximum Gasteiger partial charge on any atom is 0.144 e. The third-order valence-electron chi connectivity index (χ3n) is 3.22. The summed E-state index contributed by atoms with van der Waals surface area (Å²) in [6.07, 6.45) is 1.50. The predicted molar refractivity (Wildman–Crippen MR) is 45.3 cm³/mol. The minimum Gasteiger partial charge on any atom is -1.00 e. The Morgan fingerprint density at radius 2 is 1.83 bits per heavy atom. The number of hydrogen-bond donors (Lipinski definition) is 0. The van der Waals surface area contributed by atoms with Gasteiger partial charge in [-0.05, 0) is 13.8 Å². The van der Waals surface area contributed by atoms with Gasteiger partial charge in [0.1, 0.15) is 11.3 Å². The molecular weight excluding hydrogens is 265 g/mol. The highest BCUT2D eigenvalue weighted by Gasteiger charge is 2.42. The Hall–Kier alpha value is 0.360. The molecule has 0 aromatic carbocycles. The SMILES string of the molecule is CC1(C)CC(=O)CC[N+]1(C)C.[I-]. The van der Waals surface area contributed by atoms with Crippen molar-refractivity contribution >= 4 is 5.78 Å². The smallest absolute Gasteiger partial charge is 0.144 e. The lowest BCUT2D eigenvalue weighted by molar-refractivity contribution is -0.939. The van der Waals surface area contributed by atoms with Crippen molar-refractivity contribution in [3.63, 3.8) is 0 Å². The van der Waals surface area contributed by atoms with E-state index >= 15 is 0 Å². The molecule has 0 radical (unpaired) electrons. The van der Waals surface area contributed by atoms with Crippen LogP contribution < -0.4 is 24.0 Å². The van der Waals surface area contributed by atoms with Crippen LogP contribution in [0.15, 0.2) is 0 Å². The summed E-state index contributed by atoms with van der Waals surface area (Å²) in [4.78, 5) is 11.2. The molecule has 2 nitrogen and oxygen atoms in total. The molecule has 0 aromatic rings. The predicted octanol–water partition coefficient (Wildman–Crippen LogP) is -1.79. The lowest BCUT2D eigenvalue weighted by Gasteiger charge is -2.47. The van der Waals surface area contributed by atoms with E-state index in [1.54, 1.807) is 0 Å². The summed E-state index contributed by atoms with van der Waals surface area (Å²) >= 11 is 0. The van der Waals surface area contributed by atoms with Gasteiger partial charge in [-0.3, -0.25) is 4.79 Å². The third kappa shape index (κ3) is 2.19. The number of nitrogens with zero attached hydrogens (tertiary/aromatic N) is 1. The first-order chi connectivity index (χ1) is 4.85. The normalized spacial score (nSPS) is 26.2. The second-order valence-electron chi connectivity index (χ2n) is 4.69. The molecule has 0 unspecified atom stereocenters. The molecule has 1 heterocycles. The average molecular weight is 283 g/mol. The van der Waals surface area contributed by atoms with E-state index in [0.29, 0.717) is 5.78 Å². The molecule has 1 aliphatic heterocycles. The standard InChI is InChI=1S/C9H18NO.HI/c1-9(2)7-8(11)5-6-10(9,3)4;/h5-7H2,1-4H3;1H/q+1;/p-1. The summed E-state index contributed by atoms with van der Waals surface area (Å²) in [5.74, 6) is 0.424. The van der Waals surface area contributed by atoms with Crippen LogP contribution in [0, 0.1) is 0 Å². The van der Waals surface area contributed by atoms with Crippen molar-refractivity contribution in [3.8, 4) is 0 Å². The zero-order chi connectivity index (χ0) is 8.70. The summed E-state index contributed by atoms with van der Waals surface area (Å²) in [6.45, 7) is 5.33. The first kappa shape index (κ1) is 12.4. The molecule has 0 amide bonds. The van der Waals surface area contributed by atoms with E-state index in [9.17, 15) is 4.79 Å². The minimum atomic E-state index is 0. The largest absolute Gasteiger partial charge is 1.00 e. The van der Waals surface area contributed by atoms with Gasteiger partial charge in [0.2, 0.25) is 0 Å². The van der Waals surface area contributed by atoms with E-state index < -0.39 is 0 Å². The van der Waals surface area contributed by atoms with Gasteiger partial charge in [-0.15, -0.1) is 0 Å². The Morgan fingerprint density at radius 3 is 2.17 bits per heavy atom. The Kier molecular flexibility index (Phi) is 3.73. The second kappa shape index (κ2) is 3.62. The number of carbonyl (C=O) groups excluding carboxylic acids is 1. The van der Waals surface area contributed by atoms with Crippen molar-refractivity contribution in [2.75, 3.05) is 20.6 Å². The van der Waals surface area contributed by atoms with Crippen LogP contribution >= 0.6 is 0 Å². The first-order valence-corrected chi connectivity index (χ1v) is 4.20. The van der Waals surface area contributed by atoms with Gasteiger partial charge in [0.05, 0.1) is 33.5 Å². The molecule has 1 fully saturated rings. The summed E-state index contributed by atoms with van der Waals surface area (Å²) in [5, 5.41) is 0. The molecule has 0 spiro atoms. The molecule has 3 heteroatoms. The van der Waals surface area contributed by atoms with Crippen molar-refractivity contribution in [3.05, 3.63) is 0 Å². The summed E-state index contributed by atoms with van der Waals surface area (Å²) < 4.78 is 0.971. The summed E-state index contributed by atoms with van der Waals surface area (Å²) in [7, 11) is 4.40. The highest BCUT2D eigenvalue weighted by atomic mass is 127. The van der Waals surface area contributed by atoms with Crippen LogP contribution in [0.25, 0.3) is 0 Å². The van der Waals surface area contributed by atoms with Gasteiger partial charge >= 0.3 is 0 Å². The van der Waals surface area contributed by atoms with Gasteiger partial charge < -0.3 is 28.5 Å². The number of hydrogen-bond acceptors (Lipinski definition) is 1. The maximum absolute atomic E-state index is 11.2. The molecule has 0 atom stereocenters. The number of carbonyl (C=O) groups is 1. The summed E-state index contributed by atoms with van der Waals surface area (Å²) in [5.41, 5.74) is 0.134. The second-order valence-corrected chi connectivity index (χ2v) is 4.69. The van der Waals surface area contributed by atoms with Crippen LogP contribution in [0.5, 0.6) is 0 Å². The van der Waals surface area contributed by atoms with Crippen LogP contribution in [0.4, 0.5) is 0 Å². The van der Waals surface area contributed by atoms with Crippen LogP contribution in [0.3, 0.4) is 0 Å². The monoisotopic (exact) mass is 283 g/mol. The Balaban J connectivity index is 0.00000121. The highest BCUT2D eigenvalue weighted by molar-refractivity contribution is 5.80. The van der Waals surface area contributed by atoms with E-state index in [-0.39, 0.29) is 29.5 Å². The van der Waals surface area contributed by atoms with Gasteiger partial charge in [-0.1, -0.05) is 0 Å². The highest BCUT2D eigenvalue weighted by Crippen LogP contribution is 2.29. The molecule has 0 aliphatic carbocycles. The fourth-order valence-corrected chi connectivity index (χ4v) is 1.49. The van der Waals surface area contributed by atoms with Crippen LogP contribution in [-0.4, -0.2) is 36.4 Å². The Labute approximate surface area is 91.9 Å². The zero-order valence-corrected chi connectivity index (χ0v) is 10.5. The number of Topliss-reactive ketones (excluding diaryl/α,β-unsaturated/α-hetero) is 1. The van der Waals surface area contributed by atoms with Gasteiger partial charge in [0.25, 0.3) is 0 Å². The Morgan fingerprint density at radius 1 is 1.33 bits per heavy atom. The number of quaternary nitrogens is 1. The number of likely N-dealkylation sites (tertiary alicyclic amines) is 1. The lowest BCUT2D eigenvalue weighted by atomic mass is 9.88. The van der Waals surface area contributed by atoms with Gasteiger partial charge in [0, 0.05) is 0 Å². The molecule has 1 saturated heterocycles. The van der Waals surface area contributed by atoms with E-state index in [1.165, 1.54) is 0 Å². The minimum absolute atomic E-state index is 0. The topological polar surface area (TPSA) is 17.1 Å². The van der Waals surface area contributed by atoms with E-state index in [1.807, 2.05) is 0 Å². The van der Waals surface area contributed by atoms with Gasteiger partial charge in [-0.2, -0.15) is 0 Å². The average Bonchev–Trinajstić information content (AvgIpc) is 1.80. The van der Waals surface area contributed by atoms with Crippen LogP contribution in [0.1, 0.15) is 26.7 Å². The van der Waals surface area contributed by atoms with Gasteiger partial charge in [-0.25, -0.2) is 0 Å². The van der Waals surface area contributed by atoms with Crippen molar-refractivity contribution in [1.29, 1.82) is 0 Å².